The number of amides is 1. The van der Waals surface area contributed by atoms with Crippen molar-refractivity contribution in [3.8, 4) is 0 Å². The molecule has 29 heavy (non-hydrogen) atoms. The third-order valence-corrected chi connectivity index (χ3v) is 6.04. The topological polar surface area (TPSA) is 36.0 Å². The fourth-order valence-corrected chi connectivity index (χ4v) is 4.59. The summed E-state index contributed by atoms with van der Waals surface area (Å²) in [6, 6.07) is 9.49. The molecule has 0 saturated carbocycles. The van der Waals surface area contributed by atoms with E-state index in [1.54, 1.807) is 0 Å². The molecule has 1 atom stereocenters. The largest absolute Gasteiger partial charge is 0.444 e. The van der Waals surface area contributed by atoms with Crippen molar-refractivity contribution < 1.29 is 9.53 Å². The molecule has 2 aliphatic rings. The predicted molar refractivity (Wildman–Crippen MR) is 118 cm³/mol. The van der Waals surface area contributed by atoms with E-state index in [0.29, 0.717) is 18.5 Å². The molecule has 1 aromatic rings. The first-order valence-electron chi connectivity index (χ1n) is 11.1. The van der Waals surface area contributed by atoms with Gasteiger partial charge >= 0.3 is 6.09 Å². The molecular formula is C24H39N3O2. The van der Waals surface area contributed by atoms with E-state index in [0.717, 1.165) is 19.6 Å². The SMILES string of the molecule is CN(C)CCN(CC1CCCN(C2Cc3ccccc3C2)C1)C(=O)OC(C)(C)C. The van der Waals surface area contributed by atoms with E-state index in [1.807, 2.05) is 39.8 Å². The summed E-state index contributed by atoms with van der Waals surface area (Å²) in [6.45, 7) is 10.4. The Bertz CT molecular complexity index is 658. The molecule has 5 nitrogen and oxygen atoms in total. The van der Waals surface area contributed by atoms with E-state index in [2.05, 4.69) is 34.1 Å². The molecule has 1 heterocycles. The molecular weight excluding hydrogens is 362 g/mol. The summed E-state index contributed by atoms with van der Waals surface area (Å²) in [7, 11) is 4.10. The molecule has 1 aromatic carbocycles. The summed E-state index contributed by atoms with van der Waals surface area (Å²) in [5.41, 5.74) is 2.57. The number of carbonyl (C=O) groups is 1. The minimum Gasteiger partial charge on any atom is -0.444 e. The van der Waals surface area contributed by atoms with E-state index >= 15 is 0 Å². The summed E-state index contributed by atoms with van der Waals surface area (Å²) in [5, 5.41) is 0. The van der Waals surface area contributed by atoms with Gasteiger partial charge in [0.2, 0.25) is 0 Å². The number of rotatable bonds is 6. The Labute approximate surface area is 177 Å². The Morgan fingerprint density at radius 2 is 1.79 bits per heavy atom. The number of nitrogens with zero attached hydrogens (tertiary/aromatic N) is 3. The van der Waals surface area contributed by atoms with Crippen LogP contribution in [0, 0.1) is 5.92 Å². The van der Waals surface area contributed by atoms with Gasteiger partial charge in [-0.15, -0.1) is 0 Å². The molecule has 1 aliphatic heterocycles. The average Bonchev–Trinajstić information content (AvgIpc) is 3.08. The second kappa shape index (κ2) is 9.48. The second-order valence-electron chi connectivity index (χ2n) is 10.1. The van der Waals surface area contributed by atoms with E-state index in [-0.39, 0.29) is 6.09 Å². The lowest BCUT2D eigenvalue weighted by molar-refractivity contribution is 0.0163. The molecule has 1 unspecified atom stereocenters. The first-order valence-corrected chi connectivity index (χ1v) is 11.1. The Hall–Kier alpha value is -1.59. The fraction of sp³-hybridized carbons (Fsp3) is 0.708. The zero-order valence-electron chi connectivity index (χ0n) is 19.0. The van der Waals surface area contributed by atoms with Gasteiger partial charge < -0.3 is 14.5 Å². The first-order chi connectivity index (χ1) is 13.7. The monoisotopic (exact) mass is 401 g/mol. The number of carbonyl (C=O) groups excluding carboxylic acids is 1. The summed E-state index contributed by atoms with van der Waals surface area (Å²) in [4.78, 5) is 19.5. The van der Waals surface area contributed by atoms with E-state index in [9.17, 15) is 4.79 Å². The van der Waals surface area contributed by atoms with Gasteiger partial charge in [0.15, 0.2) is 0 Å². The van der Waals surface area contributed by atoms with E-state index in [1.165, 1.54) is 43.4 Å². The maximum atomic E-state index is 12.8. The molecule has 162 valence electrons. The number of piperidine rings is 1. The zero-order chi connectivity index (χ0) is 21.0. The molecule has 3 rings (SSSR count). The summed E-state index contributed by atoms with van der Waals surface area (Å²) in [5.74, 6) is 0.516. The first kappa shape index (κ1) is 22.1. The average molecular weight is 402 g/mol. The van der Waals surface area contributed by atoms with Crippen LogP contribution in [0.25, 0.3) is 0 Å². The lowest BCUT2D eigenvalue weighted by Crippen LogP contribution is -2.48. The highest BCUT2D eigenvalue weighted by molar-refractivity contribution is 5.68. The number of likely N-dealkylation sites (N-methyl/N-ethyl adjacent to an activating group) is 1. The van der Waals surface area contributed by atoms with Gasteiger partial charge in [-0.1, -0.05) is 24.3 Å². The molecule has 1 fully saturated rings. The van der Waals surface area contributed by atoms with Gasteiger partial charge in [-0.05, 0) is 84.1 Å². The van der Waals surface area contributed by atoms with Crippen molar-refractivity contribution in [2.24, 2.45) is 5.92 Å². The van der Waals surface area contributed by atoms with Crippen molar-refractivity contribution in [2.75, 3.05) is 46.8 Å². The predicted octanol–water partition coefficient (Wildman–Crippen LogP) is 3.66. The van der Waals surface area contributed by atoms with Crippen molar-refractivity contribution >= 4 is 6.09 Å². The van der Waals surface area contributed by atoms with Crippen LogP contribution in [0.2, 0.25) is 0 Å². The summed E-state index contributed by atoms with van der Waals surface area (Å²) >= 11 is 0. The second-order valence-corrected chi connectivity index (χ2v) is 10.1. The number of ether oxygens (including phenoxy) is 1. The molecule has 5 heteroatoms. The molecule has 1 aliphatic carbocycles. The van der Waals surface area contributed by atoms with Gasteiger partial charge in [0.1, 0.15) is 5.60 Å². The van der Waals surface area contributed by atoms with Crippen molar-refractivity contribution in [1.29, 1.82) is 0 Å². The smallest absolute Gasteiger partial charge is 0.410 e. The normalized spacial score (nSPS) is 20.7. The number of likely N-dealkylation sites (tertiary alicyclic amines) is 1. The minimum atomic E-state index is -0.457. The van der Waals surface area contributed by atoms with E-state index < -0.39 is 5.60 Å². The minimum absolute atomic E-state index is 0.176. The molecule has 1 amide bonds. The van der Waals surface area contributed by atoms with Crippen LogP contribution in [0.1, 0.15) is 44.7 Å². The maximum Gasteiger partial charge on any atom is 0.410 e. The Balaban J connectivity index is 1.59. The van der Waals surface area contributed by atoms with Crippen LogP contribution >= 0.6 is 0 Å². The van der Waals surface area contributed by atoms with Crippen LogP contribution in [0.3, 0.4) is 0 Å². The molecule has 0 radical (unpaired) electrons. The van der Waals surface area contributed by atoms with Gasteiger partial charge in [0, 0.05) is 32.2 Å². The Morgan fingerprint density at radius 3 is 2.38 bits per heavy atom. The van der Waals surface area contributed by atoms with Crippen molar-refractivity contribution in [1.82, 2.24) is 14.7 Å². The number of benzene rings is 1. The number of hydrogen-bond acceptors (Lipinski definition) is 4. The molecule has 0 spiro atoms. The van der Waals surface area contributed by atoms with E-state index in [4.69, 9.17) is 4.74 Å². The van der Waals surface area contributed by atoms with Crippen LogP contribution < -0.4 is 0 Å². The molecule has 0 bridgehead atoms. The summed E-state index contributed by atoms with van der Waals surface area (Å²) in [6.07, 6.45) is 4.56. The van der Waals surface area contributed by atoms with Gasteiger partial charge in [-0.3, -0.25) is 4.90 Å². The third kappa shape index (κ3) is 6.45. The van der Waals surface area contributed by atoms with Gasteiger partial charge in [-0.2, -0.15) is 0 Å². The highest BCUT2D eigenvalue weighted by Crippen LogP contribution is 2.29. The van der Waals surface area contributed by atoms with Crippen molar-refractivity contribution in [2.45, 2.75) is 58.1 Å². The number of hydrogen-bond donors (Lipinski definition) is 0. The van der Waals surface area contributed by atoms with Gasteiger partial charge in [0.25, 0.3) is 0 Å². The highest BCUT2D eigenvalue weighted by atomic mass is 16.6. The zero-order valence-corrected chi connectivity index (χ0v) is 19.0. The third-order valence-electron chi connectivity index (χ3n) is 6.04. The van der Waals surface area contributed by atoms with Gasteiger partial charge in [0.05, 0.1) is 0 Å². The van der Waals surface area contributed by atoms with Crippen molar-refractivity contribution in [3.05, 3.63) is 35.4 Å². The maximum absolute atomic E-state index is 12.8. The molecule has 0 N–H and O–H groups in total. The standard InChI is InChI=1S/C24H39N3O2/c1-24(2,3)29-23(28)27(14-13-25(4)5)18-19-9-8-12-26(17-19)22-15-20-10-6-7-11-21(20)16-22/h6-7,10-11,19,22H,8-9,12-18H2,1-5H3. The lowest BCUT2D eigenvalue weighted by Gasteiger charge is -2.39. The van der Waals surface area contributed by atoms with Crippen LogP contribution in [0.4, 0.5) is 4.79 Å². The number of fused-ring (bicyclic) bond motifs is 1. The van der Waals surface area contributed by atoms with Crippen LogP contribution in [0.5, 0.6) is 0 Å². The summed E-state index contributed by atoms with van der Waals surface area (Å²) < 4.78 is 5.70. The van der Waals surface area contributed by atoms with Gasteiger partial charge in [-0.25, -0.2) is 4.79 Å². The van der Waals surface area contributed by atoms with Crippen LogP contribution in [-0.4, -0.2) is 79.3 Å². The lowest BCUT2D eigenvalue weighted by atomic mass is 9.95. The van der Waals surface area contributed by atoms with Crippen molar-refractivity contribution in [3.63, 3.8) is 0 Å². The van der Waals surface area contributed by atoms with Crippen LogP contribution in [-0.2, 0) is 17.6 Å². The quantitative estimate of drug-likeness (QED) is 0.729. The Morgan fingerprint density at radius 1 is 1.14 bits per heavy atom. The fourth-order valence-electron chi connectivity index (χ4n) is 4.59. The molecule has 0 aromatic heterocycles. The molecule has 1 saturated heterocycles. The highest BCUT2D eigenvalue weighted by Gasteiger charge is 2.32. The van der Waals surface area contributed by atoms with Crippen LogP contribution in [0.15, 0.2) is 24.3 Å². The Kier molecular flexibility index (Phi) is 7.23.